The zero-order chi connectivity index (χ0) is 25.5. The summed E-state index contributed by atoms with van der Waals surface area (Å²) in [5.41, 5.74) is 6.31. The highest BCUT2D eigenvalue weighted by Gasteiger charge is 2.43. The molecule has 186 valence electrons. The number of anilines is 1. The highest BCUT2D eigenvalue weighted by atomic mass is 16.2. The second-order valence-electron chi connectivity index (χ2n) is 10.2. The van der Waals surface area contributed by atoms with Crippen LogP contribution >= 0.6 is 0 Å². The molecule has 3 heterocycles. The molecule has 1 amide bonds. The molecule has 1 atom stereocenters. The molecule has 0 spiro atoms. The average molecular weight is 490 g/mol. The topological polar surface area (TPSA) is 53.7 Å². The third-order valence-corrected chi connectivity index (χ3v) is 7.38. The van der Waals surface area contributed by atoms with Gasteiger partial charge in [0.1, 0.15) is 5.56 Å². The highest BCUT2D eigenvalue weighted by Crippen LogP contribution is 2.35. The summed E-state index contributed by atoms with van der Waals surface area (Å²) >= 11 is 0. The number of rotatable bonds is 6. The molecule has 3 aromatic carbocycles. The van der Waals surface area contributed by atoms with E-state index in [1.54, 1.807) is 4.90 Å². The molecular formula is C31H31N5O. The summed E-state index contributed by atoms with van der Waals surface area (Å²) in [5, 5.41) is 5.06. The van der Waals surface area contributed by atoms with E-state index in [9.17, 15) is 4.79 Å². The van der Waals surface area contributed by atoms with Crippen molar-refractivity contribution in [3.8, 4) is 11.1 Å². The third kappa shape index (κ3) is 4.22. The molecule has 0 saturated heterocycles. The number of amides is 1. The van der Waals surface area contributed by atoms with Crippen LogP contribution in [0.2, 0.25) is 0 Å². The maximum atomic E-state index is 13.7. The Labute approximate surface area is 217 Å². The highest BCUT2D eigenvalue weighted by molar-refractivity contribution is 6.19. The summed E-state index contributed by atoms with van der Waals surface area (Å²) in [5.74, 6) is 1.79. The van der Waals surface area contributed by atoms with E-state index < -0.39 is 0 Å². The quantitative estimate of drug-likeness (QED) is 0.361. The fourth-order valence-electron chi connectivity index (χ4n) is 5.19. The predicted molar refractivity (Wildman–Crippen MR) is 148 cm³/mol. The van der Waals surface area contributed by atoms with Gasteiger partial charge in [0.15, 0.2) is 5.82 Å². The summed E-state index contributed by atoms with van der Waals surface area (Å²) < 4.78 is 2.02. The number of fused-ring (bicyclic) bond motifs is 3. The molecule has 0 unspecified atom stereocenters. The monoisotopic (exact) mass is 489 g/mol. The van der Waals surface area contributed by atoms with E-state index in [0.717, 1.165) is 29.2 Å². The van der Waals surface area contributed by atoms with Crippen molar-refractivity contribution in [2.45, 2.75) is 32.9 Å². The van der Waals surface area contributed by atoms with Crippen LogP contribution in [-0.2, 0) is 13.0 Å². The summed E-state index contributed by atoms with van der Waals surface area (Å²) in [6, 6.07) is 29.5. The van der Waals surface area contributed by atoms with Crippen molar-refractivity contribution < 1.29 is 4.79 Å². The van der Waals surface area contributed by atoms with E-state index in [-0.39, 0.29) is 11.9 Å². The van der Waals surface area contributed by atoms with Crippen LogP contribution < -0.4 is 4.90 Å². The maximum Gasteiger partial charge on any atom is 0.266 e. The van der Waals surface area contributed by atoms with Crippen molar-refractivity contribution in [3.63, 3.8) is 0 Å². The van der Waals surface area contributed by atoms with Crippen LogP contribution in [0.25, 0.3) is 11.1 Å². The third-order valence-electron chi connectivity index (χ3n) is 7.38. The second-order valence-corrected chi connectivity index (χ2v) is 10.2. The summed E-state index contributed by atoms with van der Waals surface area (Å²) in [6.07, 6.45) is 0.638. The van der Waals surface area contributed by atoms with Gasteiger partial charge in [-0.15, -0.1) is 0 Å². The van der Waals surface area contributed by atoms with Gasteiger partial charge in [0.25, 0.3) is 5.91 Å². The first-order chi connectivity index (χ1) is 18.0. The van der Waals surface area contributed by atoms with Gasteiger partial charge >= 0.3 is 0 Å². The van der Waals surface area contributed by atoms with Crippen LogP contribution in [0.15, 0.2) is 89.9 Å². The standard InChI is InChI=1S/C31H31N5O/c1-21(2)26-20-35-29-28(30(37)34(3)31(35)32-26)27(18-22-10-6-4-7-11-22)36(33-29)19-23-14-16-25(17-15-23)24-12-8-5-9-13-24/h4-17,21,26H,18-20H2,1-3H3/t26-/m0/s1. The molecular weight excluding hydrogens is 458 g/mol. The lowest BCUT2D eigenvalue weighted by Crippen LogP contribution is -2.48. The molecule has 2 aliphatic rings. The Balaban J connectivity index is 1.40. The van der Waals surface area contributed by atoms with Crippen molar-refractivity contribution >= 4 is 17.7 Å². The molecule has 0 bridgehead atoms. The molecule has 4 aromatic rings. The minimum atomic E-state index is -0.0361. The first-order valence-corrected chi connectivity index (χ1v) is 12.9. The van der Waals surface area contributed by atoms with Crippen molar-refractivity contribution in [1.82, 2.24) is 14.7 Å². The number of benzene rings is 3. The van der Waals surface area contributed by atoms with Crippen LogP contribution in [0.1, 0.15) is 41.0 Å². The number of aromatic nitrogens is 2. The van der Waals surface area contributed by atoms with E-state index in [1.807, 2.05) is 36.0 Å². The first kappa shape index (κ1) is 23.2. The average Bonchev–Trinajstić information content (AvgIpc) is 3.52. The van der Waals surface area contributed by atoms with Crippen molar-refractivity contribution in [1.29, 1.82) is 0 Å². The predicted octanol–water partition coefficient (Wildman–Crippen LogP) is 5.48. The SMILES string of the molecule is CC(C)[C@@H]1CN2C(=N1)N(C)C(=O)c1c2nn(Cc2ccc(-c3ccccc3)cc2)c1Cc1ccccc1. The van der Waals surface area contributed by atoms with Crippen LogP contribution in [0.3, 0.4) is 0 Å². The molecule has 6 rings (SSSR count). The Morgan fingerprint density at radius 3 is 2.19 bits per heavy atom. The minimum absolute atomic E-state index is 0.0361. The first-order valence-electron chi connectivity index (χ1n) is 12.9. The van der Waals surface area contributed by atoms with Gasteiger partial charge in [-0.2, -0.15) is 5.10 Å². The molecule has 0 fully saturated rings. The molecule has 0 saturated carbocycles. The van der Waals surface area contributed by atoms with Crippen LogP contribution in [-0.4, -0.2) is 46.2 Å². The fraction of sp³-hybridized carbons (Fsp3) is 0.258. The van der Waals surface area contributed by atoms with Gasteiger partial charge in [-0.3, -0.25) is 19.3 Å². The van der Waals surface area contributed by atoms with Crippen molar-refractivity contribution in [2.24, 2.45) is 10.9 Å². The molecule has 0 aliphatic carbocycles. The van der Waals surface area contributed by atoms with Gasteiger partial charge in [0, 0.05) is 13.5 Å². The summed E-state index contributed by atoms with van der Waals surface area (Å²) in [6.45, 7) is 5.68. The molecule has 6 heteroatoms. The Kier molecular flexibility index (Phi) is 5.87. The molecule has 1 aromatic heterocycles. The number of guanidine groups is 1. The fourth-order valence-corrected chi connectivity index (χ4v) is 5.19. The number of hydrogen-bond donors (Lipinski definition) is 0. The maximum absolute atomic E-state index is 13.7. The summed E-state index contributed by atoms with van der Waals surface area (Å²) in [4.78, 5) is 22.4. The van der Waals surface area contributed by atoms with E-state index in [4.69, 9.17) is 10.1 Å². The zero-order valence-electron chi connectivity index (χ0n) is 21.5. The number of aliphatic imine (C=N–C) groups is 1. The zero-order valence-corrected chi connectivity index (χ0v) is 21.5. The molecule has 2 aliphatic heterocycles. The minimum Gasteiger partial charge on any atom is -0.292 e. The van der Waals surface area contributed by atoms with E-state index >= 15 is 0 Å². The lowest BCUT2D eigenvalue weighted by molar-refractivity contribution is 0.0864. The lowest BCUT2D eigenvalue weighted by atomic mass is 10.0. The number of carbonyl (C=O) groups excluding carboxylic acids is 1. The van der Waals surface area contributed by atoms with Crippen molar-refractivity contribution in [3.05, 3.63) is 107 Å². The normalized spacial score (nSPS) is 16.7. The Hall–Kier alpha value is -4.19. The van der Waals surface area contributed by atoms with Crippen LogP contribution in [0.5, 0.6) is 0 Å². The largest absolute Gasteiger partial charge is 0.292 e. The Bertz CT molecular complexity index is 1450. The number of hydrogen-bond acceptors (Lipinski definition) is 4. The molecule has 0 radical (unpaired) electrons. The van der Waals surface area contributed by atoms with Crippen molar-refractivity contribution in [2.75, 3.05) is 18.5 Å². The van der Waals surface area contributed by atoms with Crippen LogP contribution in [0, 0.1) is 5.92 Å². The molecule has 37 heavy (non-hydrogen) atoms. The Morgan fingerprint density at radius 2 is 1.51 bits per heavy atom. The number of carbonyl (C=O) groups is 1. The Morgan fingerprint density at radius 1 is 0.865 bits per heavy atom. The van der Waals surface area contributed by atoms with Gasteiger partial charge in [-0.25, -0.2) is 4.99 Å². The molecule has 6 nitrogen and oxygen atoms in total. The lowest BCUT2D eigenvalue weighted by Gasteiger charge is -2.30. The van der Waals surface area contributed by atoms with Gasteiger partial charge in [-0.05, 0) is 28.2 Å². The van der Waals surface area contributed by atoms with E-state index in [0.29, 0.717) is 30.4 Å². The smallest absolute Gasteiger partial charge is 0.266 e. The van der Waals surface area contributed by atoms with Gasteiger partial charge in [0.2, 0.25) is 5.96 Å². The second kappa shape index (κ2) is 9.36. The van der Waals surface area contributed by atoms with E-state index in [1.165, 1.54) is 11.1 Å². The van der Waals surface area contributed by atoms with E-state index in [2.05, 4.69) is 79.4 Å². The van der Waals surface area contributed by atoms with Gasteiger partial charge in [-0.1, -0.05) is 98.8 Å². The molecule has 0 N–H and O–H groups in total. The van der Waals surface area contributed by atoms with Crippen LogP contribution in [0.4, 0.5) is 5.82 Å². The van der Waals surface area contributed by atoms with Gasteiger partial charge < -0.3 is 0 Å². The van der Waals surface area contributed by atoms with Gasteiger partial charge in [0.05, 0.1) is 24.8 Å². The summed E-state index contributed by atoms with van der Waals surface area (Å²) in [7, 11) is 1.83. The number of nitrogens with zero attached hydrogens (tertiary/aromatic N) is 5.